The molecule has 1 aromatic heterocycles. The van der Waals surface area contributed by atoms with E-state index in [1.54, 1.807) is 4.57 Å². The summed E-state index contributed by atoms with van der Waals surface area (Å²) in [5.41, 5.74) is -0.921. The highest BCUT2D eigenvalue weighted by molar-refractivity contribution is 5.80. The average Bonchev–Trinajstić information content (AvgIpc) is 2.99. The lowest BCUT2D eigenvalue weighted by molar-refractivity contribution is -0.140. The van der Waals surface area contributed by atoms with E-state index in [0.717, 1.165) is 6.07 Å². The van der Waals surface area contributed by atoms with E-state index < -0.39 is 23.8 Å². The van der Waals surface area contributed by atoms with Crippen LogP contribution >= 0.6 is 0 Å². The lowest BCUT2D eigenvalue weighted by atomic mass is 10.2. The van der Waals surface area contributed by atoms with Gasteiger partial charge in [-0.1, -0.05) is 12.1 Å². The topological polar surface area (TPSA) is 69.0 Å². The normalized spacial score (nSPS) is 12.7. The van der Waals surface area contributed by atoms with Gasteiger partial charge in [0.1, 0.15) is 12.1 Å². The third kappa shape index (κ3) is 4.24. The first-order valence-corrected chi connectivity index (χ1v) is 7.30. The summed E-state index contributed by atoms with van der Waals surface area (Å²) in [7, 11) is 0. The third-order valence-corrected chi connectivity index (χ3v) is 3.32. The molecule has 0 aliphatic heterocycles. The second-order valence-electron chi connectivity index (χ2n) is 5.00. The number of carbonyl (C=O) groups is 1. The maximum Gasteiger partial charge on any atom is 0.419 e. The summed E-state index contributed by atoms with van der Waals surface area (Å²) in [6, 6.07) is 4.76. The van der Waals surface area contributed by atoms with E-state index >= 15 is 0 Å². The van der Waals surface area contributed by atoms with Crippen LogP contribution < -0.4 is 10.1 Å². The van der Waals surface area contributed by atoms with E-state index in [4.69, 9.17) is 4.74 Å². The van der Waals surface area contributed by atoms with Gasteiger partial charge in [0.05, 0.1) is 12.1 Å². The van der Waals surface area contributed by atoms with Crippen LogP contribution in [-0.2, 0) is 24.1 Å². The molecule has 0 saturated carbocycles. The van der Waals surface area contributed by atoms with Crippen molar-refractivity contribution >= 4 is 5.91 Å². The zero-order chi connectivity index (χ0) is 17.7. The van der Waals surface area contributed by atoms with Gasteiger partial charge in [-0.15, -0.1) is 10.2 Å². The van der Waals surface area contributed by atoms with Gasteiger partial charge in [0.2, 0.25) is 0 Å². The second-order valence-corrected chi connectivity index (χ2v) is 5.00. The van der Waals surface area contributed by atoms with Gasteiger partial charge >= 0.3 is 6.18 Å². The quantitative estimate of drug-likeness (QED) is 0.875. The highest BCUT2D eigenvalue weighted by atomic mass is 19.4. The van der Waals surface area contributed by atoms with Crippen molar-refractivity contribution in [2.75, 3.05) is 0 Å². The predicted molar refractivity (Wildman–Crippen MR) is 79.1 cm³/mol. The number of amides is 1. The average molecular weight is 342 g/mol. The van der Waals surface area contributed by atoms with Gasteiger partial charge in [-0.25, -0.2) is 0 Å². The second kappa shape index (κ2) is 7.33. The maximum absolute atomic E-state index is 12.9. The number of para-hydroxylation sites is 1. The van der Waals surface area contributed by atoms with E-state index in [9.17, 15) is 18.0 Å². The van der Waals surface area contributed by atoms with Crippen molar-refractivity contribution in [1.29, 1.82) is 0 Å². The number of aryl methyl sites for hydroxylation is 1. The van der Waals surface area contributed by atoms with Gasteiger partial charge in [-0.05, 0) is 26.0 Å². The molecular formula is C15H17F3N4O2. The van der Waals surface area contributed by atoms with E-state index in [1.807, 2.05) is 6.92 Å². The molecule has 2 aromatic rings. The number of hydrogen-bond acceptors (Lipinski definition) is 4. The van der Waals surface area contributed by atoms with Crippen molar-refractivity contribution in [1.82, 2.24) is 20.1 Å². The standard InChI is InChI=1S/C15H17F3N4O2/c1-3-22-9-20-21-13(22)8-19-14(23)10(2)24-12-7-5-4-6-11(12)15(16,17)18/h4-7,9-10H,3,8H2,1-2H3,(H,19,23)/t10-/m1/s1. The maximum atomic E-state index is 12.9. The summed E-state index contributed by atoms with van der Waals surface area (Å²) < 4.78 is 45.7. The van der Waals surface area contributed by atoms with Crippen molar-refractivity contribution in [2.24, 2.45) is 0 Å². The van der Waals surface area contributed by atoms with Crippen LogP contribution in [0.4, 0.5) is 13.2 Å². The Kier molecular flexibility index (Phi) is 5.42. The van der Waals surface area contributed by atoms with Crippen molar-refractivity contribution in [3.63, 3.8) is 0 Å². The van der Waals surface area contributed by atoms with Crippen molar-refractivity contribution in [3.8, 4) is 5.75 Å². The molecule has 1 aromatic carbocycles. The van der Waals surface area contributed by atoms with Crippen LogP contribution in [0.3, 0.4) is 0 Å². The molecular weight excluding hydrogens is 325 g/mol. The summed E-state index contributed by atoms with van der Waals surface area (Å²) in [4.78, 5) is 12.0. The van der Waals surface area contributed by atoms with Crippen LogP contribution in [0.2, 0.25) is 0 Å². The fourth-order valence-corrected chi connectivity index (χ4v) is 2.04. The molecule has 2 rings (SSSR count). The third-order valence-electron chi connectivity index (χ3n) is 3.32. The van der Waals surface area contributed by atoms with Gasteiger partial charge in [-0.2, -0.15) is 13.2 Å². The Balaban J connectivity index is 2.00. The summed E-state index contributed by atoms with van der Waals surface area (Å²) in [5.74, 6) is -0.379. The Morgan fingerprint density at radius 1 is 1.38 bits per heavy atom. The van der Waals surface area contributed by atoms with Crippen molar-refractivity contribution in [3.05, 3.63) is 42.0 Å². The molecule has 0 bridgehead atoms. The van der Waals surface area contributed by atoms with E-state index in [2.05, 4.69) is 15.5 Å². The fourth-order valence-electron chi connectivity index (χ4n) is 2.04. The van der Waals surface area contributed by atoms with Crippen LogP contribution in [0.25, 0.3) is 0 Å². The van der Waals surface area contributed by atoms with Crippen molar-refractivity contribution in [2.45, 2.75) is 39.2 Å². The smallest absolute Gasteiger partial charge is 0.419 e. The Morgan fingerprint density at radius 2 is 2.08 bits per heavy atom. The minimum absolute atomic E-state index is 0.112. The molecule has 0 saturated heterocycles. The number of ether oxygens (including phenoxy) is 1. The zero-order valence-corrected chi connectivity index (χ0v) is 13.2. The lowest BCUT2D eigenvalue weighted by Crippen LogP contribution is -2.36. The summed E-state index contributed by atoms with van der Waals surface area (Å²) in [6.45, 7) is 4.03. The first-order valence-electron chi connectivity index (χ1n) is 7.30. The van der Waals surface area contributed by atoms with Gasteiger partial charge < -0.3 is 14.6 Å². The number of hydrogen-bond donors (Lipinski definition) is 1. The highest BCUT2D eigenvalue weighted by Gasteiger charge is 2.34. The number of alkyl halides is 3. The van der Waals surface area contributed by atoms with E-state index in [1.165, 1.54) is 31.5 Å². The van der Waals surface area contributed by atoms with Gasteiger partial charge in [-0.3, -0.25) is 4.79 Å². The van der Waals surface area contributed by atoms with Crippen LogP contribution in [0.1, 0.15) is 25.2 Å². The molecule has 0 unspecified atom stereocenters. The number of carbonyl (C=O) groups excluding carboxylic acids is 1. The fraction of sp³-hybridized carbons (Fsp3) is 0.400. The zero-order valence-electron chi connectivity index (χ0n) is 13.2. The lowest BCUT2D eigenvalue weighted by Gasteiger charge is -2.18. The Bertz CT molecular complexity index is 700. The monoisotopic (exact) mass is 342 g/mol. The predicted octanol–water partition coefficient (Wildman–Crippen LogP) is 2.40. The minimum Gasteiger partial charge on any atom is -0.480 e. The number of nitrogens with zero attached hydrogens (tertiary/aromatic N) is 3. The summed E-state index contributed by atoms with van der Waals surface area (Å²) >= 11 is 0. The van der Waals surface area contributed by atoms with Crippen LogP contribution in [0.5, 0.6) is 5.75 Å². The molecule has 130 valence electrons. The van der Waals surface area contributed by atoms with Gasteiger partial charge in [0.15, 0.2) is 11.9 Å². The van der Waals surface area contributed by atoms with Crippen LogP contribution in [0, 0.1) is 0 Å². The van der Waals surface area contributed by atoms with Crippen LogP contribution in [-0.4, -0.2) is 26.8 Å². The molecule has 1 amide bonds. The number of rotatable bonds is 6. The Morgan fingerprint density at radius 3 is 2.75 bits per heavy atom. The van der Waals surface area contributed by atoms with Gasteiger partial charge in [0.25, 0.3) is 5.91 Å². The molecule has 0 spiro atoms. The first-order chi connectivity index (χ1) is 11.3. The van der Waals surface area contributed by atoms with E-state index in [-0.39, 0.29) is 12.3 Å². The number of aromatic nitrogens is 3. The molecule has 9 heteroatoms. The van der Waals surface area contributed by atoms with E-state index in [0.29, 0.717) is 12.4 Å². The van der Waals surface area contributed by atoms with Gasteiger partial charge in [0, 0.05) is 6.54 Å². The molecule has 1 N–H and O–H groups in total. The Hall–Kier alpha value is -2.58. The first kappa shape index (κ1) is 17.8. The molecule has 0 radical (unpaired) electrons. The highest BCUT2D eigenvalue weighted by Crippen LogP contribution is 2.36. The molecule has 1 atom stereocenters. The molecule has 24 heavy (non-hydrogen) atoms. The molecule has 0 aliphatic carbocycles. The number of halogens is 3. The minimum atomic E-state index is -4.55. The largest absolute Gasteiger partial charge is 0.480 e. The SMILES string of the molecule is CCn1cnnc1CNC(=O)[C@@H](C)Oc1ccccc1C(F)(F)F. The van der Waals surface area contributed by atoms with Crippen LogP contribution in [0.15, 0.2) is 30.6 Å². The Labute approximate surface area is 136 Å². The molecule has 0 fully saturated rings. The molecule has 6 nitrogen and oxygen atoms in total. The summed E-state index contributed by atoms with van der Waals surface area (Å²) in [5, 5.41) is 10.2. The van der Waals surface area contributed by atoms with Crippen molar-refractivity contribution < 1.29 is 22.7 Å². The number of nitrogens with one attached hydrogen (secondary N) is 1. The molecule has 1 heterocycles. The number of benzene rings is 1. The molecule has 0 aliphatic rings. The summed E-state index contributed by atoms with van der Waals surface area (Å²) in [6.07, 6.45) is -4.11.